The molecule has 3 rings (SSSR count). The molecule has 17 heavy (non-hydrogen) atoms. The third-order valence-corrected chi connectivity index (χ3v) is 3.75. The Hall–Kier alpha value is -1.70. The van der Waals surface area contributed by atoms with Crippen molar-refractivity contribution in [2.45, 2.75) is 32.6 Å². The third kappa shape index (κ3) is 1.55. The number of hydrogen-bond acceptors (Lipinski definition) is 2. The molecule has 0 atom stereocenters. The molecule has 0 amide bonds. The molecule has 0 saturated carbocycles. The molecule has 0 aliphatic heterocycles. The highest BCUT2D eigenvalue weighted by atomic mass is 16.3. The molecule has 2 N–H and O–H groups in total. The van der Waals surface area contributed by atoms with Crippen molar-refractivity contribution in [3.8, 4) is 11.5 Å². The van der Waals surface area contributed by atoms with E-state index in [1.165, 1.54) is 12.0 Å². The van der Waals surface area contributed by atoms with Crippen LogP contribution in [0.5, 0.6) is 11.5 Å². The number of phenols is 2. The van der Waals surface area contributed by atoms with E-state index in [9.17, 15) is 10.2 Å². The van der Waals surface area contributed by atoms with Gasteiger partial charge in [0.1, 0.15) is 11.5 Å². The molecule has 2 aromatic carbocycles. The van der Waals surface area contributed by atoms with Gasteiger partial charge in [0.2, 0.25) is 0 Å². The van der Waals surface area contributed by atoms with Crippen molar-refractivity contribution in [2.75, 3.05) is 0 Å². The molecule has 88 valence electrons. The van der Waals surface area contributed by atoms with Crippen molar-refractivity contribution in [2.24, 2.45) is 0 Å². The van der Waals surface area contributed by atoms with E-state index in [-0.39, 0.29) is 0 Å². The van der Waals surface area contributed by atoms with Crippen molar-refractivity contribution in [3.05, 3.63) is 34.9 Å². The molecular formula is C15H16O2. The number of phenolic OH excluding ortho intramolecular Hbond substituents is 2. The number of rotatable bonds is 0. The molecule has 2 aromatic rings. The van der Waals surface area contributed by atoms with Gasteiger partial charge in [-0.05, 0) is 66.8 Å². The van der Waals surface area contributed by atoms with Gasteiger partial charge in [0.05, 0.1) is 0 Å². The summed E-state index contributed by atoms with van der Waals surface area (Å²) in [6.45, 7) is 1.85. The first-order chi connectivity index (χ1) is 8.16. The Kier molecular flexibility index (Phi) is 2.25. The topological polar surface area (TPSA) is 40.5 Å². The molecule has 0 fully saturated rings. The van der Waals surface area contributed by atoms with Crippen LogP contribution >= 0.6 is 0 Å². The second kappa shape index (κ2) is 3.66. The third-order valence-electron chi connectivity index (χ3n) is 3.75. The number of aromatic hydroxyl groups is 2. The van der Waals surface area contributed by atoms with Gasteiger partial charge in [0.15, 0.2) is 0 Å². The minimum Gasteiger partial charge on any atom is -0.508 e. The van der Waals surface area contributed by atoms with E-state index >= 15 is 0 Å². The summed E-state index contributed by atoms with van der Waals surface area (Å²) in [4.78, 5) is 0. The number of fused-ring (bicyclic) bond motifs is 2. The summed E-state index contributed by atoms with van der Waals surface area (Å²) in [6.07, 6.45) is 4.35. The van der Waals surface area contributed by atoms with Crippen LogP contribution < -0.4 is 0 Å². The van der Waals surface area contributed by atoms with Gasteiger partial charge in [-0.2, -0.15) is 0 Å². The van der Waals surface area contributed by atoms with Crippen molar-refractivity contribution in [1.82, 2.24) is 0 Å². The summed E-state index contributed by atoms with van der Waals surface area (Å²) in [5, 5.41) is 21.9. The standard InChI is InChI=1S/C15H16O2/c1-9-6-13-11(8-14(9)16)7-10-4-2-3-5-12(10)15(13)17/h6-8,16-17H,2-5H2,1H3. The molecule has 1 aliphatic carbocycles. The van der Waals surface area contributed by atoms with Crippen LogP contribution in [0, 0.1) is 6.92 Å². The van der Waals surface area contributed by atoms with Gasteiger partial charge in [-0.1, -0.05) is 6.07 Å². The molecule has 0 saturated heterocycles. The first-order valence-corrected chi connectivity index (χ1v) is 6.14. The predicted molar refractivity (Wildman–Crippen MR) is 68.7 cm³/mol. The van der Waals surface area contributed by atoms with Crippen LogP contribution in [0.1, 0.15) is 29.5 Å². The van der Waals surface area contributed by atoms with E-state index in [2.05, 4.69) is 6.07 Å². The van der Waals surface area contributed by atoms with Crippen LogP contribution in [0.4, 0.5) is 0 Å². The minimum absolute atomic E-state index is 0.299. The Balaban J connectivity index is 2.36. The van der Waals surface area contributed by atoms with Crippen LogP contribution in [0.2, 0.25) is 0 Å². The summed E-state index contributed by atoms with van der Waals surface area (Å²) in [5.74, 6) is 0.716. The fourth-order valence-electron chi connectivity index (χ4n) is 2.75. The minimum atomic E-state index is 0.299. The van der Waals surface area contributed by atoms with Crippen LogP contribution in [0.25, 0.3) is 10.8 Å². The SMILES string of the molecule is Cc1cc2c(O)c3c(cc2cc1O)CCCC3. The predicted octanol–water partition coefficient (Wildman–Crippen LogP) is 3.44. The molecule has 0 spiro atoms. The van der Waals surface area contributed by atoms with Crippen LogP contribution in [-0.4, -0.2) is 10.2 Å². The average Bonchev–Trinajstić information content (AvgIpc) is 2.32. The molecule has 0 heterocycles. The van der Waals surface area contributed by atoms with E-state index in [1.807, 2.05) is 13.0 Å². The number of benzene rings is 2. The maximum Gasteiger partial charge on any atom is 0.126 e. The second-order valence-corrected chi connectivity index (χ2v) is 4.93. The quantitative estimate of drug-likeness (QED) is 0.725. The van der Waals surface area contributed by atoms with Gasteiger partial charge in [-0.3, -0.25) is 0 Å². The summed E-state index contributed by atoms with van der Waals surface area (Å²) in [6, 6.07) is 5.73. The van der Waals surface area contributed by atoms with E-state index in [0.29, 0.717) is 11.5 Å². The maximum absolute atomic E-state index is 10.3. The van der Waals surface area contributed by atoms with Gasteiger partial charge in [-0.25, -0.2) is 0 Å². The van der Waals surface area contributed by atoms with E-state index in [1.54, 1.807) is 6.07 Å². The zero-order valence-electron chi connectivity index (χ0n) is 9.95. The van der Waals surface area contributed by atoms with E-state index in [0.717, 1.165) is 41.2 Å². The lowest BCUT2D eigenvalue weighted by molar-refractivity contribution is 0.466. The van der Waals surface area contributed by atoms with Crippen LogP contribution in [-0.2, 0) is 12.8 Å². The van der Waals surface area contributed by atoms with Gasteiger partial charge < -0.3 is 10.2 Å². The monoisotopic (exact) mass is 228 g/mol. The highest BCUT2D eigenvalue weighted by Gasteiger charge is 2.16. The van der Waals surface area contributed by atoms with Crippen molar-refractivity contribution < 1.29 is 10.2 Å². The van der Waals surface area contributed by atoms with Crippen LogP contribution in [0.15, 0.2) is 18.2 Å². The molecule has 0 radical (unpaired) electrons. The first kappa shape index (κ1) is 10.5. The largest absolute Gasteiger partial charge is 0.508 e. The Morgan fingerprint density at radius 1 is 1.00 bits per heavy atom. The van der Waals surface area contributed by atoms with E-state index < -0.39 is 0 Å². The zero-order valence-corrected chi connectivity index (χ0v) is 9.95. The zero-order chi connectivity index (χ0) is 12.0. The smallest absolute Gasteiger partial charge is 0.126 e. The molecule has 2 heteroatoms. The summed E-state index contributed by atoms with van der Waals surface area (Å²) >= 11 is 0. The van der Waals surface area contributed by atoms with Gasteiger partial charge in [-0.15, -0.1) is 0 Å². The van der Waals surface area contributed by atoms with Crippen LogP contribution in [0.3, 0.4) is 0 Å². The molecule has 0 unspecified atom stereocenters. The van der Waals surface area contributed by atoms with Crippen molar-refractivity contribution in [3.63, 3.8) is 0 Å². The lowest BCUT2D eigenvalue weighted by Gasteiger charge is -2.19. The molecule has 1 aliphatic rings. The second-order valence-electron chi connectivity index (χ2n) is 4.93. The summed E-state index contributed by atoms with van der Waals surface area (Å²) in [7, 11) is 0. The van der Waals surface area contributed by atoms with Crippen molar-refractivity contribution >= 4 is 10.8 Å². The van der Waals surface area contributed by atoms with E-state index in [4.69, 9.17) is 0 Å². The molecular weight excluding hydrogens is 212 g/mol. The van der Waals surface area contributed by atoms with Gasteiger partial charge in [0.25, 0.3) is 0 Å². The molecule has 0 bridgehead atoms. The Bertz CT molecular complexity index is 600. The van der Waals surface area contributed by atoms with Gasteiger partial charge >= 0.3 is 0 Å². The fraction of sp³-hybridized carbons (Fsp3) is 0.333. The maximum atomic E-state index is 10.3. The lowest BCUT2D eigenvalue weighted by atomic mass is 9.88. The Morgan fingerprint density at radius 3 is 2.59 bits per heavy atom. The number of hydrogen-bond donors (Lipinski definition) is 2. The number of aryl methyl sites for hydroxylation is 2. The normalized spacial score (nSPS) is 14.9. The van der Waals surface area contributed by atoms with Gasteiger partial charge in [0, 0.05) is 5.39 Å². The highest BCUT2D eigenvalue weighted by Crippen LogP contribution is 2.38. The van der Waals surface area contributed by atoms with Crippen molar-refractivity contribution in [1.29, 1.82) is 0 Å². The Labute approximate surface area is 101 Å². The Morgan fingerprint density at radius 2 is 1.76 bits per heavy atom. The first-order valence-electron chi connectivity index (χ1n) is 6.14. The highest BCUT2D eigenvalue weighted by molar-refractivity contribution is 5.92. The molecule has 2 nitrogen and oxygen atoms in total. The summed E-state index contributed by atoms with van der Waals surface area (Å²) in [5.41, 5.74) is 3.15. The average molecular weight is 228 g/mol. The molecule has 0 aromatic heterocycles. The lowest BCUT2D eigenvalue weighted by Crippen LogP contribution is -2.03. The summed E-state index contributed by atoms with van der Waals surface area (Å²) < 4.78 is 0. The fourth-order valence-corrected chi connectivity index (χ4v) is 2.75.